The van der Waals surface area contributed by atoms with E-state index in [4.69, 9.17) is 14.2 Å². The third kappa shape index (κ3) is 4.87. The molecule has 35 heavy (non-hydrogen) atoms. The molecule has 9 nitrogen and oxygen atoms in total. The summed E-state index contributed by atoms with van der Waals surface area (Å²) in [4.78, 5) is 34.9. The van der Waals surface area contributed by atoms with Gasteiger partial charge in [0.05, 0.1) is 37.6 Å². The van der Waals surface area contributed by atoms with Gasteiger partial charge in [0.2, 0.25) is 0 Å². The molecule has 2 heterocycles. The number of hydrogen-bond donors (Lipinski definition) is 2. The largest absolute Gasteiger partial charge is 0.494 e. The fraction of sp³-hybridized carbons (Fsp3) is 0.200. The van der Waals surface area contributed by atoms with Crippen molar-refractivity contribution >= 4 is 50.6 Å². The van der Waals surface area contributed by atoms with Crippen LogP contribution in [0, 0.1) is 6.92 Å². The Balaban J connectivity index is 1.70. The molecule has 0 fully saturated rings. The molecule has 180 valence electrons. The number of nitrogens with zero attached hydrogens (tertiary/aromatic N) is 2. The molecule has 2 aromatic heterocycles. The quantitative estimate of drug-likeness (QED) is 0.323. The van der Waals surface area contributed by atoms with E-state index in [9.17, 15) is 9.59 Å². The van der Waals surface area contributed by atoms with Crippen LogP contribution in [0.15, 0.2) is 48.8 Å². The minimum Gasteiger partial charge on any atom is -0.494 e. The normalized spacial score (nSPS) is 10.6. The highest BCUT2D eigenvalue weighted by molar-refractivity contribution is 7.20. The fourth-order valence-electron chi connectivity index (χ4n) is 3.56. The molecule has 2 aromatic carbocycles. The zero-order valence-corrected chi connectivity index (χ0v) is 20.5. The first-order valence-electron chi connectivity index (χ1n) is 10.8. The summed E-state index contributed by atoms with van der Waals surface area (Å²) in [6.45, 7) is 3.88. The minimum atomic E-state index is -0.392. The Bertz CT molecular complexity index is 1390. The number of carbonyl (C=O) groups is 2. The number of fused-ring (bicyclic) bond motifs is 1. The van der Waals surface area contributed by atoms with Gasteiger partial charge >= 0.3 is 5.97 Å². The van der Waals surface area contributed by atoms with Crippen molar-refractivity contribution in [1.82, 2.24) is 9.97 Å². The molecule has 0 aliphatic carbocycles. The minimum absolute atomic E-state index is 0.274. The Labute approximate surface area is 206 Å². The molecule has 2 N–H and O–H groups in total. The van der Waals surface area contributed by atoms with Gasteiger partial charge in [0, 0.05) is 17.7 Å². The summed E-state index contributed by atoms with van der Waals surface area (Å²) in [7, 11) is 3.04. The van der Waals surface area contributed by atoms with Gasteiger partial charge < -0.3 is 24.8 Å². The van der Waals surface area contributed by atoms with Crippen molar-refractivity contribution in [2.45, 2.75) is 13.8 Å². The van der Waals surface area contributed by atoms with E-state index in [0.717, 1.165) is 5.56 Å². The van der Waals surface area contributed by atoms with Crippen LogP contribution in [0.25, 0.3) is 10.2 Å². The Morgan fingerprint density at radius 2 is 1.69 bits per heavy atom. The number of methoxy groups -OCH3 is 2. The number of thiophene rings is 1. The van der Waals surface area contributed by atoms with E-state index in [1.54, 1.807) is 43.3 Å². The predicted octanol–water partition coefficient (Wildman–Crippen LogP) is 5.19. The summed E-state index contributed by atoms with van der Waals surface area (Å²) in [5.41, 5.74) is 2.26. The number of aromatic nitrogens is 2. The summed E-state index contributed by atoms with van der Waals surface area (Å²) in [6, 6.07) is 12.3. The second-order valence-electron chi connectivity index (χ2n) is 7.38. The van der Waals surface area contributed by atoms with Crippen molar-refractivity contribution in [3.8, 4) is 11.5 Å². The van der Waals surface area contributed by atoms with Crippen LogP contribution < -0.4 is 20.1 Å². The first-order chi connectivity index (χ1) is 17.0. The first-order valence-corrected chi connectivity index (χ1v) is 11.6. The standard InChI is InChI=1S/C25H24N4O5S/c1-5-34-25(31)21-14(2)20-22(26-13-27-24(20)35-21)28-16-11-19(33-4)17(12-18(16)32-3)29-23(30)15-9-7-6-8-10-15/h6-13H,5H2,1-4H3,(H,29,30)(H,26,27,28). The summed E-state index contributed by atoms with van der Waals surface area (Å²) >= 11 is 1.25. The first kappa shape index (κ1) is 24.0. The Hall–Kier alpha value is -4.18. The molecule has 0 unspecified atom stereocenters. The molecule has 0 saturated heterocycles. The Morgan fingerprint density at radius 1 is 1.00 bits per heavy atom. The second-order valence-corrected chi connectivity index (χ2v) is 8.38. The maximum absolute atomic E-state index is 12.7. The summed E-state index contributed by atoms with van der Waals surface area (Å²) in [5.74, 6) is 0.721. The van der Waals surface area contributed by atoms with Crippen molar-refractivity contribution in [1.29, 1.82) is 0 Å². The predicted molar refractivity (Wildman–Crippen MR) is 135 cm³/mol. The molecule has 0 aliphatic heterocycles. The van der Waals surface area contributed by atoms with Crippen LogP contribution in [-0.4, -0.2) is 42.7 Å². The average Bonchev–Trinajstić information content (AvgIpc) is 3.22. The van der Waals surface area contributed by atoms with Crippen LogP contribution in [0.5, 0.6) is 11.5 Å². The molecular weight excluding hydrogens is 468 g/mol. The van der Waals surface area contributed by atoms with Crippen molar-refractivity contribution < 1.29 is 23.8 Å². The van der Waals surface area contributed by atoms with Crippen LogP contribution >= 0.6 is 11.3 Å². The SMILES string of the molecule is CCOC(=O)c1sc2ncnc(Nc3cc(OC)c(NC(=O)c4ccccc4)cc3OC)c2c1C. The molecule has 0 atom stereocenters. The van der Waals surface area contributed by atoms with Gasteiger partial charge in [-0.3, -0.25) is 4.79 Å². The number of esters is 1. The highest BCUT2D eigenvalue weighted by Crippen LogP contribution is 2.40. The molecule has 0 radical (unpaired) electrons. The lowest BCUT2D eigenvalue weighted by Gasteiger charge is -2.17. The molecule has 1 amide bonds. The summed E-state index contributed by atoms with van der Waals surface area (Å²) in [6.07, 6.45) is 1.42. The zero-order valence-electron chi connectivity index (χ0n) is 19.7. The number of rotatable bonds is 8. The van der Waals surface area contributed by atoms with E-state index in [1.807, 2.05) is 13.0 Å². The number of anilines is 3. The van der Waals surface area contributed by atoms with Gasteiger partial charge in [-0.1, -0.05) is 18.2 Å². The Kier molecular flexibility index (Phi) is 7.11. The van der Waals surface area contributed by atoms with Gasteiger partial charge in [0.1, 0.15) is 33.4 Å². The molecule has 10 heteroatoms. The van der Waals surface area contributed by atoms with E-state index in [-0.39, 0.29) is 12.5 Å². The maximum atomic E-state index is 12.7. The molecule has 0 aliphatic rings. The fourth-order valence-corrected chi connectivity index (χ4v) is 4.60. The molecule has 4 aromatic rings. The van der Waals surface area contributed by atoms with E-state index < -0.39 is 5.97 Å². The van der Waals surface area contributed by atoms with E-state index >= 15 is 0 Å². The van der Waals surface area contributed by atoms with E-state index in [1.165, 1.54) is 31.9 Å². The van der Waals surface area contributed by atoms with Crippen LogP contribution in [0.3, 0.4) is 0 Å². The topological polar surface area (TPSA) is 112 Å². The highest BCUT2D eigenvalue weighted by Gasteiger charge is 2.21. The third-order valence-electron chi connectivity index (χ3n) is 5.25. The smallest absolute Gasteiger partial charge is 0.348 e. The van der Waals surface area contributed by atoms with Gasteiger partial charge in [0.15, 0.2) is 0 Å². The van der Waals surface area contributed by atoms with Crippen molar-refractivity contribution in [3.05, 3.63) is 64.8 Å². The van der Waals surface area contributed by atoms with Crippen molar-refractivity contribution in [3.63, 3.8) is 0 Å². The third-order valence-corrected chi connectivity index (χ3v) is 6.43. The average molecular weight is 493 g/mol. The Morgan fingerprint density at radius 3 is 2.37 bits per heavy atom. The lowest BCUT2D eigenvalue weighted by molar-refractivity contribution is 0.0531. The van der Waals surface area contributed by atoms with Gasteiger partial charge in [-0.15, -0.1) is 11.3 Å². The highest BCUT2D eigenvalue weighted by atomic mass is 32.1. The van der Waals surface area contributed by atoms with Gasteiger partial charge in [0.25, 0.3) is 5.91 Å². The van der Waals surface area contributed by atoms with Gasteiger partial charge in [-0.2, -0.15) is 0 Å². The maximum Gasteiger partial charge on any atom is 0.348 e. The van der Waals surface area contributed by atoms with Crippen LogP contribution in [-0.2, 0) is 4.74 Å². The number of amides is 1. The number of ether oxygens (including phenoxy) is 3. The van der Waals surface area contributed by atoms with Crippen LogP contribution in [0.2, 0.25) is 0 Å². The van der Waals surface area contributed by atoms with Crippen LogP contribution in [0.4, 0.5) is 17.2 Å². The molecule has 0 saturated carbocycles. The molecule has 4 rings (SSSR count). The van der Waals surface area contributed by atoms with Crippen molar-refractivity contribution in [2.24, 2.45) is 0 Å². The molecule has 0 spiro atoms. The second kappa shape index (κ2) is 10.4. The van der Waals surface area contributed by atoms with Crippen LogP contribution in [0.1, 0.15) is 32.5 Å². The zero-order chi connectivity index (χ0) is 24.9. The lowest BCUT2D eigenvalue weighted by atomic mass is 10.1. The number of aryl methyl sites for hydroxylation is 1. The summed E-state index contributed by atoms with van der Waals surface area (Å²) in [5, 5.41) is 6.84. The monoisotopic (exact) mass is 492 g/mol. The summed E-state index contributed by atoms with van der Waals surface area (Å²) < 4.78 is 16.3. The van der Waals surface area contributed by atoms with E-state index in [2.05, 4.69) is 20.6 Å². The number of hydrogen-bond acceptors (Lipinski definition) is 9. The number of nitrogens with one attached hydrogen (secondary N) is 2. The van der Waals surface area contributed by atoms with Gasteiger partial charge in [-0.05, 0) is 31.5 Å². The van der Waals surface area contributed by atoms with Crippen molar-refractivity contribution in [2.75, 3.05) is 31.5 Å². The van der Waals surface area contributed by atoms with E-state index in [0.29, 0.717) is 49.3 Å². The molecular formula is C25H24N4O5S. The number of carbonyl (C=O) groups excluding carboxylic acids is 2. The lowest BCUT2D eigenvalue weighted by Crippen LogP contribution is -2.13. The number of benzene rings is 2. The van der Waals surface area contributed by atoms with Gasteiger partial charge in [-0.25, -0.2) is 14.8 Å². The molecule has 0 bridgehead atoms.